The van der Waals surface area contributed by atoms with Crippen LogP contribution in [0.15, 0.2) is 16.6 Å². The molecule has 1 aromatic rings. The van der Waals surface area contributed by atoms with Crippen molar-refractivity contribution in [1.82, 2.24) is 5.32 Å². The zero-order valence-corrected chi connectivity index (χ0v) is 14.4. The Kier molecular flexibility index (Phi) is 4.81. The predicted molar refractivity (Wildman–Crippen MR) is 89.9 cm³/mol. The van der Waals surface area contributed by atoms with E-state index in [0.717, 1.165) is 10.2 Å². The normalized spacial score (nSPS) is 29.9. The Balaban J connectivity index is 1.75. The van der Waals surface area contributed by atoms with Crippen molar-refractivity contribution in [2.45, 2.75) is 44.2 Å². The van der Waals surface area contributed by atoms with Crippen molar-refractivity contribution >= 4 is 44.8 Å². The molecule has 3 atom stereocenters. The molecule has 2 nitrogen and oxygen atoms in total. The van der Waals surface area contributed by atoms with Crippen LogP contribution in [0, 0.1) is 5.92 Å². The van der Waals surface area contributed by atoms with E-state index in [1.54, 1.807) is 0 Å². The van der Waals surface area contributed by atoms with Crippen LogP contribution < -0.4 is 10.6 Å². The van der Waals surface area contributed by atoms with Gasteiger partial charge in [0, 0.05) is 16.6 Å². The van der Waals surface area contributed by atoms with E-state index < -0.39 is 0 Å². The fourth-order valence-corrected chi connectivity index (χ4v) is 4.39. The summed E-state index contributed by atoms with van der Waals surface area (Å²) in [6.45, 7) is 1.17. The van der Waals surface area contributed by atoms with Crippen LogP contribution in [0.1, 0.15) is 32.1 Å². The van der Waals surface area contributed by atoms with Crippen molar-refractivity contribution in [3.63, 3.8) is 0 Å². The van der Waals surface area contributed by atoms with Gasteiger partial charge in [0.2, 0.25) is 0 Å². The first-order valence-electron chi connectivity index (χ1n) is 7.30. The highest BCUT2D eigenvalue weighted by atomic mass is 79.9. The molecule has 1 aromatic carbocycles. The van der Waals surface area contributed by atoms with Crippen LogP contribution in [0.25, 0.3) is 0 Å². The summed E-state index contributed by atoms with van der Waals surface area (Å²) in [5.74, 6) is 0.705. The second-order valence-electron chi connectivity index (χ2n) is 5.77. The van der Waals surface area contributed by atoms with Gasteiger partial charge in [-0.3, -0.25) is 0 Å². The lowest BCUT2D eigenvalue weighted by Crippen LogP contribution is -2.38. The van der Waals surface area contributed by atoms with E-state index in [9.17, 15) is 0 Å². The van der Waals surface area contributed by atoms with Gasteiger partial charge < -0.3 is 10.6 Å². The van der Waals surface area contributed by atoms with Gasteiger partial charge >= 0.3 is 0 Å². The predicted octanol–water partition coefficient (Wildman–Crippen LogP) is 5.09. The molecule has 1 saturated carbocycles. The van der Waals surface area contributed by atoms with Gasteiger partial charge in [0.05, 0.1) is 15.7 Å². The average Bonchev–Trinajstić information content (AvgIpc) is 3.09. The molecular formula is C15H19BrCl2N2. The lowest BCUT2D eigenvalue weighted by molar-refractivity contribution is 0.376. The number of nitrogens with one attached hydrogen (secondary N) is 2. The highest BCUT2D eigenvalue weighted by Gasteiger charge is 2.35. The minimum Gasteiger partial charge on any atom is -0.381 e. The number of hydrogen-bond donors (Lipinski definition) is 2. The molecule has 0 amide bonds. The number of benzene rings is 1. The molecule has 3 rings (SSSR count). The molecule has 0 radical (unpaired) electrons. The van der Waals surface area contributed by atoms with Crippen LogP contribution in [0.3, 0.4) is 0 Å². The summed E-state index contributed by atoms with van der Waals surface area (Å²) in [5.41, 5.74) is 0.953. The third kappa shape index (κ3) is 2.96. The number of rotatable bonds is 3. The number of halogens is 3. The Labute approximate surface area is 138 Å². The molecule has 3 unspecified atom stereocenters. The summed E-state index contributed by atoms with van der Waals surface area (Å²) in [5, 5.41) is 8.47. The van der Waals surface area contributed by atoms with Gasteiger partial charge in [-0.05, 0) is 66.2 Å². The van der Waals surface area contributed by atoms with Crippen molar-refractivity contribution in [1.29, 1.82) is 0 Å². The first kappa shape index (κ1) is 15.0. The van der Waals surface area contributed by atoms with Crippen molar-refractivity contribution in [3.8, 4) is 0 Å². The molecule has 20 heavy (non-hydrogen) atoms. The molecule has 0 aromatic heterocycles. The van der Waals surface area contributed by atoms with Gasteiger partial charge in [0.25, 0.3) is 0 Å². The maximum absolute atomic E-state index is 6.34. The van der Waals surface area contributed by atoms with Gasteiger partial charge in [-0.2, -0.15) is 0 Å². The third-order valence-electron chi connectivity index (χ3n) is 4.56. The van der Waals surface area contributed by atoms with Gasteiger partial charge in [-0.25, -0.2) is 0 Å². The first-order chi connectivity index (χ1) is 9.66. The standard InChI is InChI=1S/C15H19BrCl2N2/c16-10-6-7-13(15(18)14(10)17)20-12-4-1-3-9(12)11-5-2-8-19-11/h6-7,9,11-12,19-20H,1-5,8H2. The number of anilines is 1. The van der Waals surface area contributed by atoms with Crippen molar-refractivity contribution in [2.24, 2.45) is 5.92 Å². The molecule has 0 bridgehead atoms. The summed E-state index contributed by atoms with van der Waals surface area (Å²) >= 11 is 15.9. The van der Waals surface area contributed by atoms with E-state index in [2.05, 4.69) is 26.6 Å². The van der Waals surface area contributed by atoms with Gasteiger partial charge in [0.15, 0.2) is 0 Å². The lowest BCUT2D eigenvalue weighted by Gasteiger charge is -2.28. The van der Waals surface area contributed by atoms with E-state index in [1.807, 2.05) is 12.1 Å². The molecule has 5 heteroatoms. The van der Waals surface area contributed by atoms with E-state index in [0.29, 0.717) is 28.0 Å². The van der Waals surface area contributed by atoms with Crippen LogP contribution in [0.2, 0.25) is 10.0 Å². The molecule has 110 valence electrons. The Morgan fingerprint density at radius 2 is 1.95 bits per heavy atom. The zero-order valence-electron chi connectivity index (χ0n) is 11.3. The minimum atomic E-state index is 0.500. The topological polar surface area (TPSA) is 24.1 Å². The van der Waals surface area contributed by atoms with Crippen molar-refractivity contribution < 1.29 is 0 Å². The quantitative estimate of drug-likeness (QED) is 0.717. The minimum absolute atomic E-state index is 0.500. The molecule has 1 saturated heterocycles. The molecule has 1 aliphatic carbocycles. The molecule has 0 spiro atoms. The summed E-state index contributed by atoms with van der Waals surface area (Å²) in [6.07, 6.45) is 6.42. The number of hydrogen-bond acceptors (Lipinski definition) is 2. The van der Waals surface area contributed by atoms with E-state index >= 15 is 0 Å². The molecule has 2 aliphatic rings. The first-order valence-corrected chi connectivity index (χ1v) is 8.85. The van der Waals surface area contributed by atoms with Crippen LogP contribution in [-0.2, 0) is 0 Å². The van der Waals surface area contributed by atoms with Crippen LogP contribution in [0.5, 0.6) is 0 Å². The second-order valence-corrected chi connectivity index (χ2v) is 7.38. The lowest BCUT2D eigenvalue weighted by atomic mass is 9.93. The van der Waals surface area contributed by atoms with Crippen LogP contribution in [-0.4, -0.2) is 18.6 Å². The van der Waals surface area contributed by atoms with E-state index in [-0.39, 0.29) is 0 Å². The Morgan fingerprint density at radius 1 is 1.10 bits per heavy atom. The molecule has 2 fully saturated rings. The maximum Gasteiger partial charge on any atom is 0.0835 e. The SMILES string of the molecule is Clc1c(Br)ccc(NC2CCCC2C2CCCN2)c1Cl. The van der Waals surface area contributed by atoms with Crippen LogP contribution >= 0.6 is 39.1 Å². The molecule has 1 aliphatic heterocycles. The van der Waals surface area contributed by atoms with Gasteiger partial charge in [0.1, 0.15) is 0 Å². The largest absolute Gasteiger partial charge is 0.381 e. The molecule has 2 N–H and O–H groups in total. The summed E-state index contributed by atoms with van der Waals surface area (Å²) < 4.78 is 0.843. The van der Waals surface area contributed by atoms with E-state index in [1.165, 1.54) is 38.6 Å². The Bertz CT molecular complexity index is 489. The molecular weight excluding hydrogens is 359 g/mol. The fourth-order valence-electron chi connectivity index (χ4n) is 3.56. The summed E-state index contributed by atoms with van der Waals surface area (Å²) in [7, 11) is 0. The van der Waals surface area contributed by atoms with E-state index in [4.69, 9.17) is 23.2 Å². The summed E-state index contributed by atoms with van der Waals surface area (Å²) in [4.78, 5) is 0. The second kappa shape index (κ2) is 6.43. The smallest absolute Gasteiger partial charge is 0.0835 e. The van der Waals surface area contributed by atoms with Crippen molar-refractivity contribution in [3.05, 3.63) is 26.7 Å². The monoisotopic (exact) mass is 376 g/mol. The van der Waals surface area contributed by atoms with Gasteiger partial charge in [-0.1, -0.05) is 29.6 Å². The third-order valence-corrected chi connectivity index (χ3v) is 6.33. The zero-order chi connectivity index (χ0) is 14.1. The summed E-state index contributed by atoms with van der Waals surface area (Å²) in [6, 6.07) is 5.13. The fraction of sp³-hybridized carbons (Fsp3) is 0.600. The molecule has 1 heterocycles. The van der Waals surface area contributed by atoms with Gasteiger partial charge in [-0.15, -0.1) is 0 Å². The van der Waals surface area contributed by atoms with Crippen molar-refractivity contribution in [2.75, 3.05) is 11.9 Å². The highest BCUT2D eigenvalue weighted by molar-refractivity contribution is 9.10. The maximum atomic E-state index is 6.34. The Morgan fingerprint density at radius 3 is 2.70 bits per heavy atom. The Hall–Kier alpha value is 0.0400. The average molecular weight is 378 g/mol. The highest BCUT2D eigenvalue weighted by Crippen LogP contribution is 2.39. The van der Waals surface area contributed by atoms with Crippen LogP contribution in [0.4, 0.5) is 5.69 Å².